The molecular formula is C14H19N3O3. The second-order valence-electron chi connectivity index (χ2n) is 5.16. The lowest BCUT2D eigenvalue weighted by atomic mass is 10.1. The van der Waals surface area contributed by atoms with Crippen molar-refractivity contribution in [3.63, 3.8) is 0 Å². The normalized spacial score (nSPS) is 18.7. The van der Waals surface area contributed by atoms with Crippen molar-refractivity contribution >= 4 is 5.97 Å². The SMILES string of the molecule is CCOC(c1nc2c(c(C(=O)OC)n1)CNC2)C1CC1. The number of rotatable bonds is 5. The zero-order valence-corrected chi connectivity index (χ0v) is 11.8. The van der Waals surface area contributed by atoms with Crippen LogP contribution in [0.4, 0.5) is 0 Å². The van der Waals surface area contributed by atoms with Crippen molar-refractivity contribution in [2.45, 2.75) is 39.0 Å². The highest BCUT2D eigenvalue weighted by Gasteiger charge is 2.36. The van der Waals surface area contributed by atoms with Gasteiger partial charge >= 0.3 is 5.97 Å². The van der Waals surface area contributed by atoms with E-state index in [1.165, 1.54) is 7.11 Å². The molecule has 2 aliphatic rings. The molecule has 0 bridgehead atoms. The first kappa shape index (κ1) is 13.5. The number of carbonyl (C=O) groups is 1. The van der Waals surface area contributed by atoms with E-state index in [1.54, 1.807) is 0 Å². The maximum Gasteiger partial charge on any atom is 0.357 e. The molecule has 0 aromatic carbocycles. The van der Waals surface area contributed by atoms with Gasteiger partial charge in [0, 0.05) is 25.3 Å². The Morgan fingerprint density at radius 3 is 2.85 bits per heavy atom. The molecule has 1 atom stereocenters. The fourth-order valence-electron chi connectivity index (χ4n) is 2.58. The lowest BCUT2D eigenvalue weighted by Gasteiger charge is -2.17. The molecule has 0 radical (unpaired) electrons. The third-order valence-corrected chi connectivity index (χ3v) is 3.73. The molecule has 1 unspecified atom stereocenters. The average Bonchev–Trinajstić information content (AvgIpc) is 3.19. The zero-order chi connectivity index (χ0) is 14.1. The number of ether oxygens (including phenoxy) is 2. The van der Waals surface area contributed by atoms with Gasteiger partial charge in [-0.05, 0) is 25.7 Å². The maximum atomic E-state index is 11.9. The van der Waals surface area contributed by atoms with Gasteiger partial charge in [0.2, 0.25) is 0 Å². The minimum absolute atomic E-state index is 0.102. The van der Waals surface area contributed by atoms with Gasteiger partial charge in [-0.2, -0.15) is 0 Å². The Hall–Kier alpha value is -1.53. The molecule has 20 heavy (non-hydrogen) atoms. The second kappa shape index (κ2) is 5.46. The molecule has 2 heterocycles. The second-order valence-corrected chi connectivity index (χ2v) is 5.16. The molecule has 6 nitrogen and oxygen atoms in total. The summed E-state index contributed by atoms with van der Waals surface area (Å²) in [4.78, 5) is 21.0. The lowest BCUT2D eigenvalue weighted by Crippen LogP contribution is -2.17. The van der Waals surface area contributed by atoms with Gasteiger partial charge in [-0.15, -0.1) is 0 Å². The van der Waals surface area contributed by atoms with Crippen LogP contribution >= 0.6 is 0 Å². The number of fused-ring (bicyclic) bond motifs is 1. The Bertz CT molecular complexity index is 529. The highest BCUT2D eigenvalue weighted by molar-refractivity contribution is 5.89. The molecule has 1 N–H and O–H groups in total. The van der Waals surface area contributed by atoms with Crippen molar-refractivity contribution in [3.8, 4) is 0 Å². The fourth-order valence-corrected chi connectivity index (χ4v) is 2.58. The average molecular weight is 277 g/mol. The zero-order valence-electron chi connectivity index (χ0n) is 11.8. The summed E-state index contributed by atoms with van der Waals surface area (Å²) in [7, 11) is 1.37. The number of carbonyl (C=O) groups excluding carboxylic acids is 1. The topological polar surface area (TPSA) is 73.3 Å². The van der Waals surface area contributed by atoms with E-state index in [1.807, 2.05) is 6.92 Å². The number of nitrogens with zero attached hydrogens (tertiary/aromatic N) is 2. The van der Waals surface area contributed by atoms with E-state index in [-0.39, 0.29) is 6.10 Å². The van der Waals surface area contributed by atoms with Crippen molar-refractivity contribution < 1.29 is 14.3 Å². The minimum Gasteiger partial charge on any atom is -0.464 e. The van der Waals surface area contributed by atoms with Crippen LogP contribution in [-0.4, -0.2) is 29.7 Å². The van der Waals surface area contributed by atoms with Crippen LogP contribution in [0.5, 0.6) is 0 Å². The lowest BCUT2D eigenvalue weighted by molar-refractivity contribution is 0.0392. The van der Waals surface area contributed by atoms with Crippen LogP contribution in [0, 0.1) is 5.92 Å². The van der Waals surface area contributed by atoms with E-state index in [2.05, 4.69) is 15.3 Å². The summed E-state index contributed by atoms with van der Waals surface area (Å²) < 4.78 is 10.6. The van der Waals surface area contributed by atoms with Gasteiger partial charge in [-0.1, -0.05) is 0 Å². The van der Waals surface area contributed by atoms with Crippen LogP contribution in [-0.2, 0) is 22.6 Å². The standard InChI is InChI=1S/C14H19N3O3/c1-3-20-12(8-4-5-8)13-16-10-7-15-6-9(10)11(17-13)14(18)19-2/h8,12,15H,3-7H2,1-2H3. The molecular weight excluding hydrogens is 258 g/mol. The first-order valence-corrected chi connectivity index (χ1v) is 7.05. The molecule has 1 aromatic heterocycles. The van der Waals surface area contributed by atoms with Crippen molar-refractivity contribution in [3.05, 3.63) is 22.8 Å². The minimum atomic E-state index is -0.403. The molecule has 1 aromatic rings. The molecule has 1 fully saturated rings. The van der Waals surface area contributed by atoms with Gasteiger partial charge < -0.3 is 14.8 Å². The summed E-state index contributed by atoms with van der Waals surface area (Å²) in [6.07, 6.45) is 2.17. The first-order chi connectivity index (χ1) is 9.74. The predicted molar refractivity (Wildman–Crippen MR) is 71.0 cm³/mol. The van der Waals surface area contributed by atoms with Crippen LogP contribution in [0.3, 0.4) is 0 Å². The van der Waals surface area contributed by atoms with Gasteiger partial charge in [0.1, 0.15) is 6.10 Å². The van der Waals surface area contributed by atoms with Crippen LogP contribution in [0.1, 0.15) is 53.4 Å². The molecule has 6 heteroatoms. The monoisotopic (exact) mass is 277 g/mol. The van der Waals surface area contributed by atoms with Gasteiger partial charge in [-0.25, -0.2) is 14.8 Å². The van der Waals surface area contributed by atoms with Gasteiger partial charge in [0.05, 0.1) is 12.8 Å². The first-order valence-electron chi connectivity index (χ1n) is 7.05. The third-order valence-electron chi connectivity index (χ3n) is 3.73. The largest absolute Gasteiger partial charge is 0.464 e. The predicted octanol–water partition coefficient (Wildman–Crippen LogP) is 1.35. The summed E-state index contributed by atoms with van der Waals surface area (Å²) in [5.41, 5.74) is 2.12. The maximum absolute atomic E-state index is 11.9. The number of hydrogen-bond acceptors (Lipinski definition) is 6. The van der Waals surface area contributed by atoms with E-state index < -0.39 is 5.97 Å². The fraction of sp³-hybridized carbons (Fsp3) is 0.643. The number of methoxy groups -OCH3 is 1. The molecule has 0 saturated heterocycles. The van der Waals surface area contributed by atoms with Crippen LogP contribution in [0.2, 0.25) is 0 Å². The molecule has 0 amide bonds. The van der Waals surface area contributed by atoms with Crippen molar-refractivity contribution in [2.75, 3.05) is 13.7 Å². The van der Waals surface area contributed by atoms with Crippen LogP contribution in [0.25, 0.3) is 0 Å². The molecule has 1 aliphatic carbocycles. The van der Waals surface area contributed by atoms with Crippen LogP contribution < -0.4 is 5.32 Å². The smallest absolute Gasteiger partial charge is 0.357 e. The summed E-state index contributed by atoms with van der Waals surface area (Å²) >= 11 is 0. The van der Waals surface area contributed by atoms with Crippen LogP contribution in [0.15, 0.2) is 0 Å². The van der Waals surface area contributed by atoms with E-state index in [4.69, 9.17) is 9.47 Å². The Balaban J connectivity index is 2.00. The number of esters is 1. The summed E-state index contributed by atoms with van der Waals surface area (Å²) in [5, 5.41) is 3.20. The van der Waals surface area contributed by atoms with Crippen molar-refractivity contribution in [2.24, 2.45) is 5.92 Å². The Morgan fingerprint density at radius 1 is 1.40 bits per heavy atom. The van der Waals surface area contributed by atoms with E-state index in [9.17, 15) is 4.79 Å². The Morgan fingerprint density at radius 2 is 2.20 bits per heavy atom. The molecule has 108 valence electrons. The highest BCUT2D eigenvalue weighted by Crippen LogP contribution is 2.42. The molecule has 1 saturated carbocycles. The third kappa shape index (κ3) is 2.41. The summed E-state index contributed by atoms with van der Waals surface area (Å²) in [5.74, 6) is 0.699. The Kier molecular flexibility index (Phi) is 3.67. The molecule has 1 aliphatic heterocycles. The molecule has 3 rings (SSSR count). The highest BCUT2D eigenvalue weighted by atomic mass is 16.5. The van der Waals surface area contributed by atoms with Crippen molar-refractivity contribution in [1.82, 2.24) is 15.3 Å². The van der Waals surface area contributed by atoms with Gasteiger partial charge in [0.25, 0.3) is 0 Å². The van der Waals surface area contributed by atoms with Crippen molar-refractivity contribution in [1.29, 1.82) is 0 Å². The van der Waals surface area contributed by atoms with Gasteiger partial charge in [0.15, 0.2) is 11.5 Å². The Labute approximate surface area is 117 Å². The molecule has 0 spiro atoms. The summed E-state index contributed by atoms with van der Waals surface area (Å²) in [6, 6.07) is 0. The summed E-state index contributed by atoms with van der Waals surface area (Å²) in [6.45, 7) is 3.86. The van der Waals surface area contributed by atoms with Gasteiger partial charge in [-0.3, -0.25) is 0 Å². The number of hydrogen-bond donors (Lipinski definition) is 1. The quantitative estimate of drug-likeness (QED) is 0.819. The van der Waals surface area contributed by atoms with E-state index >= 15 is 0 Å². The number of aromatic nitrogens is 2. The van der Waals surface area contributed by atoms with E-state index in [0.717, 1.165) is 24.1 Å². The van der Waals surface area contributed by atoms with E-state index in [0.29, 0.717) is 37.1 Å². The number of nitrogens with one attached hydrogen (secondary N) is 1.